The van der Waals surface area contributed by atoms with Crippen LogP contribution in [-0.4, -0.2) is 16.8 Å². The molecule has 0 spiro atoms. The first kappa shape index (κ1) is 16.1. The van der Waals surface area contributed by atoms with Crippen LogP contribution in [0.15, 0.2) is 70.9 Å². The molecule has 0 saturated heterocycles. The smallest absolute Gasteiger partial charge is 0.251 e. The molecular weight excluding hydrogens is 300 g/mol. The van der Waals surface area contributed by atoms with Gasteiger partial charge in [0.2, 0.25) is 0 Å². The van der Waals surface area contributed by atoms with Crippen LogP contribution in [0.5, 0.6) is 0 Å². The van der Waals surface area contributed by atoms with Crippen molar-refractivity contribution in [1.29, 1.82) is 0 Å². The number of benzene rings is 1. The molecule has 0 bridgehead atoms. The Hall–Kier alpha value is -2.72. The van der Waals surface area contributed by atoms with Gasteiger partial charge in [0.15, 0.2) is 0 Å². The number of carbonyl (C=O) groups excluding carboxylic acids is 1. The highest BCUT2D eigenvalue weighted by Crippen LogP contribution is 2.32. The van der Waals surface area contributed by atoms with Gasteiger partial charge in [0.1, 0.15) is 0 Å². The van der Waals surface area contributed by atoms with Crippen molar-refractivity contribution in [1.82, 2.24) is 0 Å². The molecule has 2 aliphatic rings. The lowest BCUT2D eigenvalue weighted by atomic mass is 9.95. The molecule has 1 aliphatic heterocycles. The minimum absolute atomic E-state index is 0.194. The molecule has 4 nitrogen and oxygen atoms in total. The average Bonchev–Trinajstić information content (AvgIpc) is 2.55. The number of aliphatic imine (C=N–C) groups is 1. The second-order valence-corrected chi connectivity index (χ2v) is 6.77. The van der Waals surface area contributed by atoms with Gasteiger partial charge in [-0.1, -0.05) is 63.3 Å². The summed E-state index contributed by atoms with van der Waals surface area (Å²) in [5.41, 5.74) is 2.94. The third kappa shape index (κ3) is 3.01. The van der Waals surface area contributed by atoms with Gasteiger partial charge in [-0.15, -0.1) is 0 Å². The zero-order valence-electron chi connectivity index (χ0n) is 14.0. The minimum Gasteiger partial charge on any atom is -0.283 e. The summed E-state index contributed by atoms with van der Waals surface area (Å²) in [6.45, 7) is 5.51. The van der Waals surface area contributed by atoms with E-state index >= 15 is 0 Å². The Morgan fingerprint density at radius 3 is 2.50 bits per heavy atom. The van der Waals surface area contributed by atoms with Crippen molar-refractivity contribution in [3.8, 4) is 0 Å². The fourth-order valence-corrected chi connectivity index (χ4v) is 2.46. The molecule has 1 heterocycles. The molecule has 24 heavy (non-hydrogen) atoms. The predicted molar refractivity (Wildman–Crippen MR) is 96.9 cm³/mol. The van der Waals surface area contributed by atoms with Crippen LogP contribution in [0.4, 0.5) is 5.69 Å². The van der Waals surface area contributed by atoms with Gasteiger partial charge in [-0.25, -0.2) is 10.1 Å². The van der Waals surface area contributed by atoms with Gasteiger partial charge in [0.25, 0.3) is 5.91 Å². The zero-order chi connectivity index (χ0) is 17.3. The zero-order valence-corrected chi connectivity index (χ0v) is 14.0. The molecule has 122 valence electrons. The van der Waals surface area contributed by atoms with Crippen molar-refractivity contribution in [3.05, 3.63) is 71.5 Å². The first-order chi connectivity index (χ1) is 11.4. The minimum atomic E-state index is -0.550. The fourth-order valence-electron chi connectivity index (χ4n) is 2.46. The summed E-state index contributed by atoms with van der Waals surface area (Å²) in [7, 11) is 0. The number of hydrogen-bond donors (Lipinski definition) is 1. The van der Waals surface area contributed by atoms with E-state index < -0.39 is 5.41 Å². The number of rotatable bonds is 0. The number of hydroxylamine groups is 1. The van der Waals surface area contributed by atoms with Gasteiger partial charge < -0.3 is 0 Å². The first-order valence-electron chi connectivity index (χ1n) is 7.86. The Balaban J connectivity index is 2.08. The van der Waals surface area contributed by atoms with E-state index in [0.29, 0.717) is 22.7 Å². The van der Waals surface area contributed by atoms with Crippen molar-refractivity contribution in [2.45, 2.75) is 20.8 Å². The second-order valence-electron chi connectivity index (χ2n) is 6.77. The number of anilines is 1. The van der Waals surface area contributed by atoms with Crippen LogP contribution in [0, 0.1) is 5.41 Å². The summed E-state index contributed by atoms with van der Waals surface area (Å²) in [5, 5.41) is 11.8. The van der Waals surface area contributed by atoms with Gasteiger partial charge in [-0.05, 0) is 18.2 Å². The molecule has 3 rings (SSSR count). The topological polar surface area (TPSA) is 52.9 Å². The average molecular weight is 320 g/mol. The Bertz CT molecular complexity index is 833. The summed E-state index contributed by atoms with van der Waals surface area (Å²) in [5.74, 6) is -0.194. The van der Waals surface area contributed by atoms with Crippen molar-refractivity contribution in [3.63, 3.8) is 0 Å². The second kappa shape index (κ2) is 6.06. The monoisotopic (exact) mass is 320 g/mol. The van der Waals surface area contributed by atoms with Crippen molar-refractivity contribution in [2.75, 3.05) is 5.06 Å². The highest BCUT2D eigenvalue weighted by Gasteiger charge is 2.24. The van der Waals surface area contributed by atoms with Crippen LogP contribution in [0.1, 0.15) is 26.3 Å². The molecule has 1 aliphatic carbocycles. The van der Waals surface area contributed by atoms with E-state index in [9.17, 15) is 10.0 Å². The van der Waals surface area contributed by atoms with E-state index in [2.05, 4.69) is 4.99 Å². The van der Waals surface area contributed by atoms with E-state index in [-0.39, 0.29) is 5.91 Å². The third-order valence-corrected chi connectivity index (χ3v) is 3.86. The van der Waals surface area contributed by atoms with Crippen molar-refractivity contribution >= 4 is 23.4 Å². The lowest BCUT2D eigenvalue weighted by molar-refractivity contribution is -0.124. The van der Waals surface area contributed by atoms with Gasteiger partial charge in [-0.3, -0.25) is 10.0 Å². The number of para-hydroxylation sites is 1. The van der Waals surface area contributed by atoms with E-state index in [0.717, 1.165) is 10.6 Å². The summed E-state index contributed by atoms with van der Waals surface area (Å²) < 4.78 is 0. The van der Waals surface area contributed by atoms with Crippen LogP contribution in [0.3, 0.4) is 0 Å². The molecule has 4 heteroatoms. The first-order valence-corrected chi connectivity index (χ1v) is 7.86. The number of fused-ring (bicyclic) bond motifs is 1. The molecule has 0 fully saturated rings. The molecule has 0 radical (unpaired) electrons. The number of hydrogen-bond acceptors (Lipinski definition) is 3. The van der Waals surface area contributed by atoms with Crippen LogP contribution in [-0.2, 0) is 4.79 Å². The number of carbonyl (C=O) groups is 1. The molecule has 1 N–H and O–H groups in total. The normalized spacial score (nSPS) is 21.3. The maximum atomic E-state index is 12.3. The Kier molecular flexibility index (Phi) is 4.08. The van der Waals surface area contributed by atoms with Crippen molar-refractivity contribution < 1.29 is 10.0 Å². The summed E-state index contributed by atoms with van der Waals surface area (Å²) in [6.07, 6.45) is 11.1. The van der Waals surface area contributed by atoms with E-state index in [1.54, 1.807) is 6.08 Å². The fraction of sp³-hybridized carbons (Fsp3) is 0.200. The molecule has 0 atom stereocenters. The highest BCUT2D eigenvalue weighted by atomic mass is 16.5. The highest BCUT2D eigenvalue weighted by molar-refractivity contribution is 6.17. The van der Waals surface area contributed by atoms with Gasteiger partial charge in [-0.2, -0.15) is 0 Å². The summed E-state index contributed by atoms with van der Waals surface area (Å²) >= 11 is 0. The molecule has 1 amide bonds. The molecule has 0 saturated carbocycles. The van der Waals surface area contributed by atoms with E-state index in [1.807, 2.05) is 75.4 Å². The summed E-state index contributed by atoms with van der Waals surface area (Å²) in [6, 6.07) is 7.58. The van der Waals surface area contributed by atoms with Crippen LogP contribution in [0.25, 0.3) is 6.08 Å². The van der Waals surface area contributed by atoms with Crippen LogP contribution < -0.4 is 5.06 Å². The lowest BCUT2D eigenvalue weighted by Crippen LogP contribution is -2.24. The molecule has 0 aromatic heterocycles. The SMILES string of the molecule is CC(C)(C)C(=O)N=C1C=CC=C/C1=C1/C=Cc2ccccc2N1O. The molecule has 1 aromatic rings. The molecule has 0 unspecified atom stereocenters. The lowest BCUT2D eigenvalue weighted by Gasteiger charge is -2.26. The van der Waals surface area contributed by atoms with E-state index in [1.165, 1.54) is 0 Å². The van der Waals surface area contributed by atoms with Crippen molar-refractivity contribution in [2.24, 2.45) is 10.4 Å². The molecular formula is C20H20N2O2. The van der Waals surface area contributed by atoms with Crippen LogP contribution in [0.2, 0.25) is 0 Å². The van der Waals surface area contributed by atoms with Gasteiger partial charge in [0.05, 0.1) is 17.1 Å². The quantitative estimate of drug-likeness (QED) is 0.775. The largest absolute Gasteiger partial charge is 0.283 e. The predicted octanol–water partition coefficient (Wildman–Crippen LogP) is 4.30. The Morgan fingerprint density at radius 1 is 1.04 bits per heavy atom. The Labute approximate surface area is 141 Å². The maximum absolute atomic E-state index is 12.3. The standard InChI is InChI=1S/C20H20N2O2/c1-20(2,3)19(23)21-16-10-6-5-9-15(16)18-13-12-14-8-4-7-11-17(14)22(18)24/h4-13,24H,1-3H3/b18-15+,21-16?. The third-order valence-electron chi connectivity index (χ3n) is 3.86. The summed E-state index contributed by atoms with van der Waals surface area (Å²) in [4.78, 5) is 16.5. The van der Waals surface area contributed by atoms with Gasteiger partial charge >= 0.3 is 0 Å². The van der Waals surface area contributed by atoms with Gasteiger partial charge in [0, 0.05) is 16.6 Å². The number of nitrogens with zero attached hydrogens (tertiary/aromatic N) is 2. The van der Waals surface area contributed by atoms with E-state index in [4.69, 9.17) is 0 Å². The number of allylic oxidation sites excluding steroid dienone is 6. The number of amides is 1. The molecule has 1 aromatic carbocycles. The maximum Gasteiger partial charge on any atom is 0.251 e. The van der Waals surface area contributed by atoms with Crippen LogP contribution >= 0.6 is 0 Å². The Morgan fingerprint density at radius 2 is 1.75 bits per heavy atom.